The molecule has 0 aromatic heterocycles. The Morgan fingerprint density at radius 1 is 0.233 bits per heavy atom. The number of nitrogens with zero attached hydrogens (tertiary/aromatic N) is 1. The minimum Gasteiger partial charge on any atom is -0.456 e. The van der Waals surface area contributed by atoms with Gasteiger partial charge in [0.1, 0.15) is 11.5 Å². The summed E-state index contributed by atoms with van der Waals surface area (Å²) in [7, 11) is 0. The van der Waals surface area contributed by atoms with Gasteiger partial charge in [-0.25, -0.2) is 0 Å². The molecule has 2 nitrogen and oxygen atoms in total. The van der Waals surface area contributed by atoms with E-state index >= 15 is 0 Å². The van der Waals surface area contributed by atoms with Gasteiger partial charge in [0, 0.05) is 28.2 Å². The topological polar surface area (TPSA) is 12.5 Å². The molecule has 0 unspecified atom stereocenters. The molecule has 2 heteroatoms. The average Bonchev–Trinajstić information content (AvgIpc) is 3.46. The van der Waals surface area contributed by atoms with Gasteiger partial charge in [-0.15, -0.1) is 0 Å². The molecular weight excluding hydrogens is 727 g/mol. The van der Waals surface area contributed by atoms with Crippen LogP contribution in [0.1, 0.15) is 0 Å². The Morgan fingerprint density at radius 3 is 1.12 bits per heavy atom. The summed E-state index contributed by atoms with van der Waals surface area (Å²) in [6.45, 7) is 0. The first-order chi connectivity index (χ1) is 29.7. The van der Waals surface area contributed by atoms with E-state index in [1.165, 1.54) is 44.2 Å². The third-order valence-electron chi connectivity index (χ3n) is 11.7. The van der Waals surface area contributed by atoms with Gasteiger partial charge in [0.25, 0.3) is 0 Å². The van der Waals surface area contributed by atoms with Crippen molar-refractivity contribution in [3.63, 3.8) is 0 Å². The van der Waals surface area contributed by atoms with E-state index < -0.39 is 0 Å². The fraction of sp³-hybridized carbons (Fsp3) is 0. The SMILES string of the molecule is c1ccc(-c2ccc(-c3ccc(N(c4ccc(-c5ccccc5)cc4)c4ccc5c(c4)-c4cc6ccccc6cc4-c4ccc(-c6ccccc6)cc4O5)cc3)cc2)cc1. The van der Waals surface area contributed by atoms with Gasteiger partial charge in [-0.2, -0.15) is 0 Å². The zero-order valence-corrected chi connectivity index (χ0v) is 32.9. The lowest BCUT2D eigenvalue weighted by molar-refractivity contribution is 0.488. The van der Waals surface area contributed by atoms with Crippen LogP contribution < -0.4 is 9.64 Å². The van der Waals surface area contributed by atoms with Crippen molar-refractivity contribution < 1.29 is 4.74 Å². The van der Waals surface area contributed by atoms with E-state index in [-0.39, 0.29) is 0 Å². The molecule has 0 saturated carbocycles. The first kappa shape index (κ1) is 35.2. The minimum atomic E-state index is 0.827. The van der Waals surface area contributed by atoms with Crippen LogP contribution in [0.3, 0.4) is 0 Å². The first-order valence-electron chi connectivity index (χ1n) is 20.5. The molecule has 0 amide bonds. The van der Waals surface area contributed by atoms with Crippen LogP contribution in [-0.2, 0) is 0 Å². The third-order valence-corrected chi connectivity index (χ3v) is 11.7. The van der Waals surface area contributed by atoms with Crippen LogP contribution in [-0.4, -0.2) is 0 Å². The number of fused-ring (bicyclic) bond motifs is 6. The van der Waals surface area contributed by atoms with Gasteiger partial charge in [-0.1, -0.05) is 170 Å². The van der Waals surface area contributed by atoms with E-state index in [0.29, 0.717) is 0 Å². The standard InChI is InChI=1S/C58H39NO/c1-4-12-40(13-5-1)43-20-22-44(23-21-43)46-26-31-51(32-27-46)59(50-29-24-45(25-30-50)41-14-6-2-7-15-41)52-33-35-57-56(39-52)55-37-48-19-11-10-18-47(48)36-54(55)53-34-28-49(38-58(53)60-57)42-16-8-3-9-17-42/h1-39H. The van der Waals surface area contributed by atoms with Crippen molar-refractivity contribution in [2.24, 2.45) is 0 Å². The molecule has 1 aliphatic rings. The van der Waals surface area contributed by atoms with Crippen molar-refractivity contribution >= 4 is 27.8 Å². The third kappa shape index (κ3) is 6.61. The monoisotopic (exact) mass is 765 g/mol. The van der Waals surface area contributed by atoms with Crippen molar-refractivity contribution in [1.82, 2.24) is 0 Å². The maximum Gasteiger partial charge on any atom is 0.135 e. The number of ether oxygens (including phenoxy) is 1. The lowest BCUT2D eigenvalue weighted by atomic mass is 9.90. The van der Waals surface area contributed by atoms with E-state index in [0.717, 1.165) is 61.9 Å². The number of hydrogen-bond donors (Lipinski definition) is 0. The zero-order chi connectivity index (χ0) is 39.8. The summed E-state index contributed by atoms with van der Waals surface area (Å²) in [6, 6.07) is 84.8. The highest BCUT2D eigenvalue weighted by atomic mass is 16.5. The number of rotatable bonds is 7. The van der Waals surface area contributed by atoms with Crippen molar-refractivity contribution in [1.29, 1.82) is 0 Å². The highest BCUT2D eigenvalue weighted by molar-refractivity contribution is 6.01. The fourth-order valence-corrected chi connectivity index (χ4v) is 8.57. The number of benzene rings is 10. The van der Waals surface area contributed by atoms with Gasteiger partial charge in [-0.3, -0.25) is 0 Å². The van der Waals surface area contributed by atoms with Gasteiger partial charge in [0.15, 0.2) is 0 Å². The lowest BCUT2D eigenvalue weighted by Gasteiger charge is -2.27. The molecule has 0 N–H and O–H groups in total. The lowest BCUT2D eigenvalue weighted by Crippen LogP contribution is -2.10. The second-order valence-corrected chi connectivity index (χ2v) is 15.3. The normalized spacial score (nSPS) is 11.5. The minimum absolute atomic E-state index is 0.827. The Morgan fingerprint density at radius 2 is 0.617 bits per heavy atom. The molecule has 0 radical (unpaired) electrons. The Kier molecular flexibility index (Phi) is 8.87. The summed E-state index contributed by atoms with van der Waals surface area (Å²) >= 11 is 0. The van der Waals surface area contributed by atoms with Gasteiger partial charge < -0.3 is 9.64 Å². The molecule has 0 bridgehead atoms. The van der Waals surface area contributed by atoms with Crippen LogP contribution in [0, 0.1) is 0 Å². The van der Waals surface area contributed by atoms with Crippen molar-refractivity contribution in [3.8, 4) is 78.3 Å². The molecule has 60 heavy (non-hydrogen) atoms. The van der Waals surface area contributed by atoms with Crippen molar-refractivity contribution in [2.75, 3.05) is 4.90 Å². The largest absolute Gasteiger partial charge is 0.456 e. The molecule has 10 aromatic carbocycles. The molecule has 0 spiro atoms. The predicted molar refractivity (Wildman–Crippen MR) is 251 cm³/mol. The smallest absolute Gasteiger partial charge is 0.135 e. The number of hydrogen-bond acceptors (Lipinski definition) is 2. The van der Waals surface area contributed by atoms with Crippen LogP contribution in [0.25, 0.3) is 77.5 Å². The zero-order valence-electron chi connectivity index (χ0n) is 32.9. The maximum atomic E-state index is 6.97. The second kappa shape index (κ2) is 15.1. The molecule has 0 fully saturated rings. The molecule has 1 aliphatic heterocycles. The van der Waals surface area contributed by atoms with Crippen molar-refractivity contribution in [2.45, 2.75) is 0 Å². The Balaban J connectivity index is 1.03. The van der Waals surface area contributed by atoms with Gasteiger partial charge in [0.05, 0.1) is 0 Å². The molecular formula is C58H39NO. The van der Waals surface area contributed by atoms with Gasteiger partial charge in [0.2, 0.25) is 0 Å². The maximum absolute atomic E-state index is 6.97. The van der Waals surface area contributed by atoms with Crippen LogP contribution in [0.2, 0.25) is 0 Å². The summed E-state index contributed by atoms with van der Waals surface area (Å²) in [6.07, 6.45) is 0. The average molecular weight is 766 g/mol. The molecule has 0 aliphatic carbocycles. The Bertz CT molecular complexity index is 3120. The molecule has 1 heterocycles. The highest BCUT2D eigenvalue weighted by Gasteiger charge is 2.24. The number of anilines is 3. The van der Waals surface area contributed by atoms with E-state index in [1.807, 2.05) is 0 Å². The molecule has 11 rings (SSSR count). The van der Waals surface area contributed by atoms with Crippen LogP contribution in [0.15, 0.2) is 237 Å². The highest BCUT2D eigenvalue weighted by Crippen LogP contribution is 2.51. The summed E-state index contributed by atoms with van der Waals surface area (Å²) < 4.78 is 6.97. The molecule has 0 saturated heterocycles. The second-order valence-electron chi connectivity index (χ2n) is 15.3. The first-order valence-corrected chi connectivity index (χ1v) is 20.5. The summed E-state index contributed by atoms with van der Waals surface area (Å²) in [4.78, 5) is 2.35. The van der Waals surface area contributed by atoms with E-state index in [9.17, 15) is 0 Å². The van der Waals surface area contributed by atoms with E-state index in [4.69, 9.17) is 4.74 Å². The summed E-state index contributed by atoms with van der Waals surface area (Å²) in [5.41, 5.74) is 17.0. The Hall–Kier alpha value is -7.94. The quantitative estimate of drug-likeness (QED) is 0.160. The van der Waals surface area contributed by atoms with Crippen LogP contribution >= 0.6 is 0 Å². The molecule has 10 aromatic rings. The van der Waals surface area contributed by atoms with Gasteiger partial charge in [-0.05, 0) is 133 Å². The summed E-state index contributed by atoms with van der Waals surface area (Å²) in [5, 5.41) is 2.39. The van der Waals surface area contributed by atoms with Gasteiger partial charge >= 0.3 is 0 Å². The van der Waals surface area contributed by atoms with Crippen LogP contribution in [0.5, 0.6) is 11.5 Å². The van der Waals surface area contributed by atoms with Crippen LogP contribution in [0.4, 0.5) is 17.1 Å². The fourth-order valence-electron chi connectivity index (χ4n) is 8.57. The van der Waals surface area contributed by atoms with E-state index in [2.05, 4.69) is 241 Å². The molecule has 0 atom stereocenters. The molecule has 282 valence electrons. The van der Waals surface area contributed by atoms with E-state index in [1.54, 1.807) is 0 Å². The summed E-state index contributed by atoms with van der Waals surface area (Å²) in [5.74, 6) is 1.67. The Labute approximate surface area is 350 Å². The van der Waals surface area contributed by atoms with Crippen molar-refractivity contribution in [3.05, 3.63) is 237 Å². The predicted octanol–water partition coefficient (Wildman–Crippen LogP) is 16.4.